The lowest BCUT2D eigenvalue weighted by molar-refractivity contribution is -0.890. The fourth-order valence-corrected chi connectivity index (χ4v) is 4.19. The van der Waals surface area contributed by atoms with Gasteiger partial charge in [-0.15, -0.1) is 0 Å². The summed E-state index contributed by atoms with van der Waals surface area (Å²) in [5, 5.41) is 3.20. The second-order valence-corrected chi connectivity index (χ2v) is 10.1. The van der Waals surface area contributed by atoms with E-state index in [9.17, 15) is 75.4 Å². The Balaban J connectivity index is 6.17. The van der Waals surface area contributed by atoms with Gasteiger partial charge in [-0.2, -0.15) is 61.4 Å². The molecular weight excluding hydrogens is 563 g/mol. The molecule has 0 unspecified atom stereocenters. The van der Waals surface area contributed by atoms with E-state index >= 15 is 0 Å². The summed E-state index contributed by atoms with van der Waals surface area (Å²) in [5.74, 6) is -33.9. The lowest BCUT2D eigenvalue weighted by Crippen LogP contribution is -2.71. The predicted octanol–water partition coefficient (Wildman–Crippen LogP) is 2.94. The van der Waals surface area contributed by atoms with Crippen LogP contribution in [0.25, 0.3) is 0 Å². The lowest BCUT2D eigenvalue weighted by Gasteiger charge is -2.40. The summed E-state index contributed by atoms with van der Waals surface area (Å²) >= 11 is 0. The number of nitrogens with zero attached hydrogens (tertiary/aromatic N) is 2. The highest BCUT2D eigenvalue weighted by molar-refractivity contribution is 7.90. The van der Waals surface area contributed by atoms with Gasteiger partial charge >= 0.3 is 35.1 Å². The number of halogens is 13. The number of alkyl halides is 13. The van der Waals surface area contributed by atoms with Crippen LogP contribution in [0.15, 0.2) is 0 Å². The second kappa shape index (κ2) is 10.3. The van der Waals surface area contributed by atoms with Gasteiger partial charge in [0, 0.05) is 31.9 Å². The Kier molecular flexibility index (Phi) is 9.85. The monoisotopic (exact) mass is 584 g/mol. The van der Waals surface area contributed by atoms with Crippen LogP contribution in [0.4, 0.5) is 57.1 Å². The average molecular weight is 584 g/mol. The lowest BCUT2D eigenvalue weighted by atomic mass is 9.98. The average Bonchev–Trinajstić information content (AvgIpc) is 2.67. The van der Waals surface area contributed by atoms with Crippen molar-refractivity contribution in [1.82, 2.24) is 4.31 Å². The molecule has 0 aromatic carbocycles. The van der Waals surface area contributed by atoms with Crippen LogP contribution in [0, 0.1) is 0 Å². The molecule has 0 saturated heterocycles. The molecule has 0 aromatic heterocycles. The van der Waals surface area contributed by atoms with Gasteiger partial charge in [-0.3, -0.25) is 0 Å². The molecule has 0 N–H and O–H groups in total. The molecule has 0 aliphatic carbocycles. The quantitative estimate of drug-likeness (QED) is 0.233. The molecule has 6 nitrogen and oxygen atoms in total. The minimum Gasteiger partial charge on any atom is -0.550 e. The third kappa shape index (κ3) is 5.94. The van der Waals surface area contributed by atoms with E-state index in [4.69, 9.17) is 0 Å². The summed E-state index contributed by atoms with van der Waals surface area (Å²) < 4.78 is 196. The van der Waals surface area contributed by atoms with E-state index in [0.29, 0.717) is 6.92 Å². The van der Waals surface area contributed by atoms with Gasteiger partial charge in [0.25, 0.3) is 10.0 Å². The van der Waals surface area contributed by atoms with Crippen molar-refractivity contribution < 1.29 is 79.9 Å². The first kappa shape index (κ1) is 34.4. The fourth-order valence-electron chi connectivity index (χ4n) is 2.71. The maximum absolute atomic E-state index is 14.2. The van der Waals surface area contributed by atoms with Gasteiger partial charge in [-0.1, -0.05) is 6.92 Å². The van der Waals surface area contributed by atoms with Crippen LogP contribution in [-0.2, 0) is 14.8 Å². The van der Waals surface area contributed by atoms with Gasteiger partial charge in [0.15, 0.2) is 0 Å². The molecule has 0 atom stereocenters. The number of quaternary nitrogens is 1. The Morgan fingerprint density at radius 2 is 1.19 bits per heavy atom. The van der Waals surface area contributed by atoms with Crippen LogP contribution in [0.3, 0.4) is 0 Å². The molecule has 0 radical (unpaired) electrons. The number of rotatable bonds is 14. The molecule has 0 aliphatic rings. The maximum Gasteiger partial charge on any atom is 0.460 e. The van der Waals surface area contributed by atoms with Gasteiger partial charge < -0.3 is 14.4 Å². The van der Waals surface area contributed by atoms with E-state index in [1.807, 2.05) is 0 Å². The van der Waals surface area contributed by atoms with Gasteiger partial charge in [-0.05, 0) is 0 Å². The summed E-state index contributed by atoms with van der Waals surface area (Å²) in [4.78, 5) is 10.5. The Hall–Kier alpha value is -1.57. The van der Waals surface area contributed by atoms with E-state index in [-0.39, 0.29) is 17.6 Å². The first-order valence-electron chi connectivity index (χ1n) is 9.56. The molecule has 216 valence electrons. The number of hydrogen-bond donors (Lipinski definition) is 0. The van der Waals surface area contributed by atoms with Crippen LogP contribution in [0.5, 0.6) is 0 Å². The van der Waals surface area contributed by atoms with E-state index in [1.165, 1.54) is 14.1 Å². The van der Waals surface area contributed by atoms with Gasteiger partial charge in [0.05, 0.1) is 27.2 Å². The summed E-state index contributed by atoms with van der Waals surface area (Å²) in [6.45, 7) is -1.98. The number of carbonyl (C=O) groups excluding carboxylic acids is 1. The normalized spacial score (nSPS) is 15.5. The van der Waals surface area contributed by atoms with Crippen molar-refractivity contribution in [1.29, 1.82) is 0 Å². The molecule has 36 heavy (non-hydrogen) atoms. The zero-order valence-electron chi connectivity index (χ0n) is 18.6. The van der Waals surface area contributed by atoms with E-state index in [0.717, 1.165) is 0 Å². The maximum atomic E-state index is 14.2. The zero-order valence-corrected chi connectivity index (χ0v) is 19.4. The minimum absolute atomic E-state index is 0.149. The second-order valence-electron chi connectivity index (χ2n) is 8.17. The number of hydrogen-bond acceptors (Lipinski definition) is 4. The molecule has 0 rings (SSSR count). The van der Waals surface area contributed by atoms with Crippen molar-refractivity contribution in [2.24, 2.45) is 0 Å². The Morgan fingerprint density at radius 3 is 1.56 bits per heavy atom. The van der Waals surface area contributed by atoms with Gasteiger partial charge in [0.1, 0.15) is 0 Å². The zero-order chi connectivity index (χ0) is 29.4. The van der Waals surface area contributed by atoms with E-state index in [2.05, 4.69) is 0 Å². The van der Waals surface area contributed by atoms with Crippen molar-refractivity contribution in [3.63, 3.8) is 0 Å². The number of carboxylic acid groups (broad SMARTS) is 1. The van der Waals surface area contributed by atoms with Crippen LogP contribution in [0.1, 0.15) is 19.8 Å². The standard InChI is InChI=1S/C16H21F13N2O4S/c1-4-30(7-5-8-31(2,3)9-6-10(32)33)36(34,35)16(28,29)14(23,24)12(19,20)11(17,18)13(21,22)15(25,26)27/h4-9H2,1-3H3. The third-order valence-electron chi connectivity index (χ3n) is 5.01. The fraction of sp³-hybridized carbons (Fsp3) is 0.938. The molecule has 20 heteroatoms. The minimum atomic E-state index is -8.22. The topological polar surface area (TPSA) is 77.5 Å². The van der Waals surface area contributed by atoms with Crippen LogP contribution >= 0.6 is 0 Å². The van der Waals surface area contributed by atoms with E-state index < -0.39 is 81.3 Å². The molecule has 0 saturated carbocycles. The summed E-state index contributed by atoms with van der Waals surface area (Å²) in [5.41, 5.74) is 0. The van der Waals surface area contributed by atoms with Gasteiger partial charge in [-0.25, -0.2) is 8.42 Å². The van der Waals surface area contributed by atoms with Crippen molar-refractivity contribution in [2.45, 2.75) is 54.9 Å². The molecular formula is C16H21F13N2O4S. The van der Waals surface area contributed by atoms with Crippen LogP contribution in [-0.4, -0.2) is 98.6 Å². The highest BCUT2D eigenvalue weighted by Gasteiger charge is 2.92. The Morgan fingerprint density at radius 1 is 0.778 bits per heavy atom. The predicted molar refractivity (Wildman–Crippen MR) is 93.0 cm³/mol. The Labute approximate surface area is 196 Å². The van der Waals surface area contributed by atoms with Crippen molar-refractivity contribution in [3.05, 3.63) is 0 Å². The number of carboxylic acids is 1. The smallest absolute Gasteiger partial charge is 0.460 e. The first-order chi connectivity index (χ1) is 15.6. The largest absolute Gasteiger partial charge is 0.550 e. The van der Waals surface area contributed by atoms with Crippen molar-refractivity contribution in [2.75, 3.05) is 40.3 Å². The molecule has 0 spiro atoms. The summed E-state index contributed by atoms with van der Waals surface area (Å²) in [6, 6.07) is 0. The number of sulfonamides is 1. The molecule has 0 aromatic rings. The third-order valence-corrected chi connectivity index (χ3v) is 7.04. The van der Waals surface area contributed by atoms with Crippen LogP contribution < -0.4 is 5.11 Å². The van der Waals surface area contributed by atoms with Crippen molar-refractivity contribution in [3.8, 4) is 0 Å². The molecule has 0 fully saturated rings. The highest BCUT2D eigenvalue weighted by Crippen LogP contribution is 2.61. The first-order valence-corrected chi connectivity index (χ1v) is 11.0. The molecule has 0 heterocycles. The Bertz CT molecular complexity index is 889. The molecule has 0 aliphatic heterocycles. The summed E-state index contributed by atoms with van der Waals surface area (Å²) in [7, 11) is -4.35. The molecule has 0 amide bonds. The van der Waals surface area contributed by atoms with Crippen LogP contribution in [0.2, 0.25) is 0 Å². The molecule has 0 bridgehead atoms. The van der Waals surface area contributed by atoms with Gasteiger partial charge in [0.2, 0.25) is 0 Å². The van der Waals surface area contributed by atoms with E-state index in [1.54, 1.807) is 0 Å². The number of aliphatic carboxylic acids is 1. The SMILES string of the molecule is CCN(CCC[N+](C)(C)CCC(=O)[O-])S(=O)(=O)C(F)(F)C(F)(F)C(F)(F)C(F)(F)C(F)(F)C(F)(F)F. The highest BCUT2D eigenvalue weighted by atomic mass is 32.2. The number of carbonyl (C=O) groups is 1. The van der Waals surface area contributed by atoms with Crippen molar-refractivity contribution >= 4 is 16.0 Å². The summed E-state index contributed by atoms with van der Waals surface area (Å²) in [6.07, 6.45) is -8.65.